The first-order chi connectivity index (χ1) is 11.9. The first kappa shape index (κ1) is 17.7. The zero-order valence-corrected chi connectivity index (χ0v) is 16.1. The van der Waals surface area contributed by atoms with Gasteiger partial charge >= 0.3 is 0 Å². The predicted molar refractivity (Wildman–Crippen MR) is 102 cm³/mol. The second-order valence-corrected chi connectivity index (χ2v) is 7.37. The Labute approximate surface area is 155 Å². The summed E-state index contributed by atoms with van der Waals surface area (Å²) in [6, 6.07) is 9.42. The van der Waals surface area contributed by atoms with Crippen LogP contribution in [0.5, 0.6) is 5.75 Å². The zero-order valence-electron chi connectivity index (χ0n) is 14.5. The lowest BCUT2D eigenvalue weighted by Crippen LogP contribution is -2.21. The number of rotatable bonds is 4. The third kappa shape index (κ3) is 3.61. The number of fused-ring (bicyclic) bond motifs is 1. The van der Waals surface area contributed by atoms with Crippen molar-refractivity contribution in [2.45, 2.75) is 33.1 Å². The van der Waals surface area contributed by atoms with E-state index in [-0.39, 0.29) is 24.2 Å². The maximum atomic E-state index is 12.3. The van der Waals surface area contributed by atoms with Gasteiger partial charge in [-0.05, 0) is 70.6 Å². The Morgan fingerprint density at radius 1 is 1.28 bits per heavy atom. The van der Waals surface area contributed by atoms with Gasteiger partial charge in [-0.3, -0.25) is 9.59 Å². The van der Waals surface area contributed by atoms with Gasteiger partial charge in [0.05, 0.1) is 11.3 Å². The molecule has 0 radical (unpaired) electrons. The number of Topliss-reactive ketones (excluding diaryl/α,β-unsaturated/α-hetero) is 1. The van der Waals surface area contributed by atoms with Crippen molar-refractivity contribution in [2.24, 2.45) is 0 Å². The molecule has 1 unspecified atom stereocenters. The lowest BCUT2D eigenvalue weighted by molar-refractivity contribution is -0.118. The number of hydrogen-bond donors (Lipinski definition) is 1. The van der Waals surface area contributed by atoms with Crippen LogP contribution in [-0.4, -0.2) is 18.3 Å². The number of carbonyl (C=O) groups excluding carboxylic acids is 2. The number of ketones is 1. The monoisotopic (exact) mass is 401 g/mol. The number of aryl methyl sites for hydroxylation is 2. The average molecular weight is 402 g/mol. The number of amides is 1. The topological polar surface area (TPSA) is 55.4 Å². The van der Waals surface area contributed by atoms with Crippen LogP contribution in [0.3, 0.4) is 0 Å². The number of benzene rings is 2. The normalized spacial score (nSPS) is 15.8. The molecule has 0 bridgehead atoms. The molecule has 3 rings (SSSR count). The van der Waals surface area contributed by atoms with Gasteiger partial charge in [-0.25, -0.2) is 0 Å². The molecule has 0 fully saturated rings. The number of halogens is 1. The number of ether oxygens (including phenoxy) is 1. The van der Waals surface area contributed by atoms with Crippen LogP contribution in [0.25, 0.3) is 0 Å². The van der Waals surface area contributed by atoms with E-state index in [1.54, 1.807) is 6.07 Å². The molecule has 1 N–H and O–H groups in total. The fourth-order valence-electron chi connectivity index (χ4n) is 3.28. The molecule has 1 aliphatic carbocycles. The van der Waals surface area contributed by atoms with Gasteiger partial charge in [-0.1, -0.05) is 19.1 Å². The van der Waals surface area contributed by atoms with E-state index in [1.807, 2.05) is 45.0 Å². The Hall–Kier alpha value is -2.14. The summed E-state index contributed by atoms with van der Waals surface area (Å²) in [6.07, 6.45) is 0.499. The van der Waals surface area contributed by atoms with E-state index >= 15 is 0 Å². The summed E-state index contributed by atoms with van der Waals surface area (Å²) >= 11 is 3.43. The summed E-state index contributed by atoms with van der Waals surface area (Å²) in [7, 11) is 0. The van der Waals surface area contributed by atoms with Gasteiger partial charge in [-0.15, -0.1) is 0 Å². The highest BCUT2D eigenvalue weighted by Crippen LogP contribution is 2.40. The van der Waals surface area contributed by atoms with Gasteiger partial charge in [0.15, 0.2) is 12.4 Å². The summed E-state index contributed by atoms with van der Waals surface area (Å²) in [6.45, 7) is 5.88. The molecule has 0 saturated heterocycles. The van der Waals surface area contributed by atoms with Crippen LogP contribution in [0.2, 0.25) is 0 Å². The molecule has 1 amide bonds. The van der Waals surface area contributed by atoms with Crippen molar-refractivity contribution in [3.05, 3.63) is 57.1 Å². The smallest absolute Gasteiger partial charge is 0.262 e. The van der Waals surface area contributed by atoms with Gasteiger partial charge < -0.3 is 10.1 Å². The molecule has 0 saturated carbocycles. The van der Waals surface area contributed by atoms with E-state index in [2.05, 4.69) is 21.2 Å². The lowest BCUT2D eigenvalue weighted by atomic mass is 9.97. The SMILES string of the molecule is Cc1ccc(NC(=O)COc2ccc(C)c3c2C(=O)CC3C)c(Br)c1. The molecule has 0 aromatic heterocycles. The largest absolute Gasteiger partial charge is 0.483 e. The van der Waals surface area contributed by atoms with Crippen LogP contribution in [-0.2, 0) is 4.79 Å². The number of hydrogen-bond acceptors (Lipinski definition) is 3. The predicted octanol–water partition coefficient (Wildman–Crippen LogP) is 4.77. The van der Waals surface area contributed by atoms with Crippen LogP contribution in [0, 0.1) is 13.8 Å². The highest BCUT2D eigenvalue weighted by molar-refractivity contribution is 9.10. The Morgan fingerprint density at radius 3 is 2.76 bits per heavy atom. The highest BCUT2D eigenvalue weighted by Gasteiger charge is 2.31. The average Bonchev–Trinajstić information content (AvgIpc) is 2.85. The van der Waals surface area contributed by atoms with E-state index in [0.717, 1.165) is 21.2 Å². The molecular weight excluding hydrogens is 382 g/mol. The molecule has 25 heavy (non-hydrogen) atoms. The molecule has 0 aliphatic heterocycles. The van der Waals surface area contributed by atoms with Gasteiger partial charge in [0.25, 0.3) is 5.91 Å². The highest BCUT2D eigenvalue weighted by atomic mass is 79.9. The van der Waals surface area contributed by atoms with E-state index in [9.17, 15) is 9.59 Å². The molecule has 0 spiro atoms. The van der Waals surface area contributed by atoms with Crippen LogP contribution in [0.4, 0.5) is 5.69 Å². The maximum absolute atomic E-state index is 12.3. The molecule has 1 atom stereocenters. The Balaban J connectivity index is 1.72. The van der Waals surface area contributed by atoms with Crippen molar-refractivity contribution in [1.82, 2.24) is 0 Å². The minimum absolute atomic E-state index is 0.0860. The molecule has 0 heterocycles. The van der Waals surface area contributed by atoms with Crippen molar-refractivity contribution < 1.29 is 14.3 Å². The third-order valence-corrected chi connectivity index (χ3v) is 5.10. The molecule has 1 aliphatic rings. The Morgan fingerprint density at radius 2 is 2.04 bits per heavy atom. The van der Waals surface area contributed by atoms with E-state index < -0.39 is 0 Å². The van der Waals surface area contributed by atoms with Crippen molar-refractivity contribution in [3.63, 3.8) is 0 Å². The van der Waals surface area contributed by atoms with Crippen molar-refractivity contribution in [3.8, 4) is 5.75 Å². The molecule has 5 heteroatoms. The fraction of sp³-hybridized carbons (Fsp3) is 0.300. The Bertz CT molecular complexity index is 860. The standard InChI is InChI=1S/C20H20BrNO3/c1-11-4-6-15(14(21)8-11)22-18(24)10-25-17-7-5-12(2)19-13(3)9-16(23)20(17)19/h4-8,13H,9-10H2,1-3H3,(H,22,24). The first-order valence-corrected chi connectivity index (χ1v) is 9.01. The van der Waals surface area contributed by atoms with E-state index in [0.29, 0.717) is 23.4 Å². The van der Waals surface area contributed by atoms with Crippen LogP contribution in [0.15, 0.2) is 34.8 Å². The van der Waals surface area contributed by atoms with Crippen LogP contribution in [0.1, 0.15) is 46.3 Å². The summed E-state index contributed by atoms with van der Waals surface area (Å²) < 4.78 is 6.49. The van der Waals surface area contributed by atoms with Crippen LogP contribution < -0.4 is 10.1 Å². The summed E-state index contributed by atoms with van der Waals surface area (Å²) in [5.74, 6) is 0.511. The summed E-state index contributed by atoms with van der Waals surface area (Å²) in [5.41, 5.74) is 4.57. The molecule has 2 aromatic rings. The zero-order chi connectivity index (χ0) is 18.1. The molecule has 4 nitrogen and oxygen atoms in total. The third-order valence-electron chi connectivity index (χ3n) is 4.45. The lowest BCUT2D eigenvalue weighted by Gasteiger charge is -2.14. The second kappa shape index (κ2) is 7.00. The summed E-state index contributed by atoms with van der Waals surface area (Å²) in [4.78, 5) is 24.5. The number of anilines is 1. The molecule has 2 aromatic carbocycles. The minimum Gasteiger partial charge on any atom is -0.483 e. The van der Waals surface area contributed by atoms with Crippen molar-refractivity contribution >= 4 is 33.3 Å². The van der Waals surface area contributed by atoms with Crippen molar-refractivity contribution in [2.75, 3.05) is 11.9 Å². The van der Waals surface area contributed by atoms with Gasteiger partial charge in [0, 0.05) is 10.9 Å². The number of nitrogens with one attached hydrogen (secondary N) is 1. The van der Waals surface area contributed by atoms with Gasteiger partial charge in [0.2, 0.25) is 0 Å². The first-order valence-electron chi connectivity index (χ1n) is 8.22. The van der Waals surface area contributed by atoms with Crippen molar-refractivity contribution in [1.29, 1.82) is 0 Å². The Kier molecular flexibility index (Phi) is 4.95. The maximum Gasteiger partial charge on any atom is 0.262 e. The van der Waals surface area contributed by atoms with E-state index in [4.69, 9.17) is 4.74 Å². The van der Waals surface area contributed by atoms with Gasteiger partial charge in [-0.2, -0.15) is 0 Å². The quantitative estimate of drug-likeness (QED) is 0.802. The van der Waals surface area contributed by atoms with E-state index in [1.165, 1.54) is 0 Å². The minimum atomic E-state index is -0.266. The fourth-order valence-corrected chi connectivity index (χ4v) is 3.87. The molecule has 130 valence electrons. The van der Waals surface area contributed by atoms with Crippen LogP contribution >= 0.6 is 15.9 Å². The number of carbonyl (C=O) groups is 2. The van der Waals surface area contributed by atoms with Gasteiger partial charge in [0.1, 0.15) is 5.75 Å². The molecular formula is C20H20BrNO3. The second-order valence-electron chi connectivity index (χ2n) is 6.52. The summed E-state index contributed by atoms with van der Waals surface area (Å²) in [5, 5.41) is 2.81.